The molecule has 1 aromatic carbocycles. The topological polar surface area (TPSA) is 6.48 Å². The van der Waals surface area contributed by atoms with Crippen LogP contribution in [0.15, 0.2) is 30.3 Å². The molecule has 2 fully saturated rings. The molecule has 0 saturated carbocycles. The lowest BCUT2D eigenvalue weighted by Crippen LogP contribution is -2.56. The van der Waals surface area contributed by atoms with Gasteiger partial charge in [0.1, 0.15) is 0 Å². The zero-order valence-electron chi connectivity index (χ0n) is 13.7. The number of piperidine rings is 1. The van der Waals surface area contributed by atoms with E-state index in [-0.39, 0.29) is 0 Å². The molecule has 2 heterocycles. The summed E-state index contributed by atoms with van der Waals surface area (Å²) in [5.74, 6) is 0.797. The minimum Gasteiger partial charge on any atom is -0.297 e. The zero-order valence-corrected chi connectivity index (χ0v) is 13.7. The number of nitrogens with zero attached hydrogens (tertiary/aromatic N) is 2. The van der Waals surface area contributed by atoms with E-state index in [2.05, 4.69) is 54.0 Å². The molecule has 2 aliphatic rings. The fourth-order valence-corrected chi connectivity index (χ4v) is 3.91. The first kappa shape index (κ1) is 15.1. The Morgan fingerprint density at radius 3 is 2.67 bits per heavy atom. The second kappa shape index (κ2) is 6.93. The SMILES string of the molecule is CC(C)CCN1CC2CCCCN2CC1c1ccccc1. The van der Waals surface area contributed by atoms with Crippen molar-refractivity contribution in [3.8, 4) is 0 Å². The van der Waals surface area contributed by atoms with Crippen molar-refractivity contribution in [2.45, 2.75) is 51.6 Å². The number of piperazine rings is 1. The van der Waals surface area contributed by atoms with Crippen molar-refractivity contribution >= 4 is 0 Å². The van der Waals surface area contributed by atoms with E-state index >= 15 is 0 Å². The molecule has 0 spiro atoms. The Morgan fingerprint density at radius 1 is 1.10 bits per heavy atom. The molecule has 2 atom stereocenters. The molecule has 2 saturated heterocycles. The standard InChI is InChI=1S/C19H30N2/c1-16(2)11-13-21-14-18-10-6-7-12-20(18)15-19(21)17-8-4-3-5-9-17/h3-5,8-9,16,18-19H,6-7,10-15H2,1-2H3. The summed E-state index contributed by atoms with van der Waals surface area (Å²) < 4.78 is 0. The van der Waals surface area contributed by atoms with Gasteiger partial charge in [0, 0.05) is 25.2 Å². The van der Waals surface area contributed by atoms with Crippen LogP contribution in [0.4, 0.5) is 0 Å². The van der Waals surface area contributed by atoms with Gasteiger partial charge in [-0.15, -0.1) is 0 Å². The number of benzene rings is 1. The van der Waals surface area contributed by atoms with Gasteiger partial charge in [-0.25, -0.2) is 0 Å². The fourth-order valence-electron chi connectivity index (χ4n) is 3.91. The number of hydrogen-bond acceptors (Lipinski definition) is 2. The van der Waals surface area contributed by atoms with Crippen molar-refractivity contribution in [2.24, 2.45) is 5.92 Å². The summed E-state index contributed by atoms with van der Waals surface area (Å²) in [6.07, 6.45) is 5.54. The molecule has 0 N–H and O–H groups in total. The Kier molecular flexibility index (Phi) is 4.97. The van der Waals surface area contributed by atoms with Gasteiger partial charge in [-0.1, -0.05) is 50.6 Å². The van der Waals surface area contributed by atoms with E-state index in [1.54, 1.807) is 0 Å². The molecule has 2 nitrogen and oxygen atoms in total. The van der Waals surface area contributed by atoms with Gasteiger partial charge in [-0.05, 0) is 43.8 Å². The molecule has 2 aliphatic heterocycles. The Hall–Kier alpha value is -0.860. The van der Waals surface area contributed by atoms with Gasteiger partial charge in [0.05, 0.1) is 0 Å². The highest BCUT2D eigenvalue weighted by atomic mass is 15.3. The largest absolute Gasteiger partial charge is 0.297 e. The minimum absolute atomic E-state index is 0.597. The molecule has 0 aliphatic carbocycles. The Balaban J connectivity index is 1.75. The predicted molar refractivity (Wildman–Crippen MR) is 89.4 cm³/mol. The second-order valence-corrected chi connectivity index (χ2v) is 7.25. The van der Waals surface area contributed by atoms with Crippen LogP contribution in [-0.4, -0.2) is 42.0 Å². The van der Waals surface area contributed by atoms with Gasteiger partial charge in [0.15, 0.2) is 0 Å². The van der Waals surface area contributed by atoms with Crippen LogP contribution in [0.25, 0.3) is 0 Å². The van der Waals surface area contributed by atoms with Crippen LogP contribution in [0, 0.1) is 5.92 Å². The Labute approximate surface area is 130 Å². The third-order valence-electron chi connectivity index (χ3n) is 5.22. The summed E-state index contributed by atoms with van der Waals surface area (Å²) in [7, 11) is 0. The number of hydrogen-bond donors (Lipinski definition) is 0. The van der Waals surface area contributed by atoms with E-state index in [0.717, 1.165) is 12.0 Å². The molecule has 0 radical (unpaired) electrons. The molecule has 2 unspecified atom stereocenters. The minimum atomic E-state index is 0.597. The lowest BCUT2D eigenvalue weighted by Gasteiger charge is -2.49. The van der Waals surface area contributed by atoms with Crippen molar-refractivity contribution in [3.05, 3.63) is 35.9 Å². The van der Waals surface area contributed by atoms with Crippen molar-refractivity contribution in [3.63, 3.8) is 0 Å². The van der Waals surface area contributed by atoms with E-state index in [0.29, 0.717) is 6.04 Å². The van der Waals surface area contributed by atoms with Gasteiger partial charge in [0.25, 0.3) is 0 Å². The first-order valence-electron chi connectivity index (χ1n) is 8.77. The third-order valence-corrected chi connectivity index (χ3v) is 5.22. The average Bonchev–Trinajstić information content (AvgIpc) is 2.53. The van der Waals surface area contributed by atoms with Crippen molar-refractivity contribution < 1.29 is 0 Å². The maximum absolute atomic E-state index is 2.77. The quantitative estimate of drug-likeness (QED) is 0.827. The molecule has 21 heavy (non-hydrogen) atoms. The summed E-state index contributed by atoms with van der Waals surface area (Å²) in [4.78, 5) is 5.52. The Bertz CT molecular complexity index is 428. The predicted octanol–water partition coefficient (Wildman–Crippen LogP) is 3.94. The molecule has 0 aromatic heterocycles. The lowest BCUT2D eigenvalue weighted by atomic mass is 9.93. The van der Waals surface area contributed by atoms with E-state index < -0.39 is 0 Å². The molecule has 2 heteroatoms. The van der Waals surface area contributed by atoms with E-state index in [4.69, 9.17) is 0 Å². The molecule has 1 aromatic rings. The number of rotatable bonds is 4. The molecule has 116 valence electrons. The molecular formula is C19H30N2. The number of fused-ring (bicyclic) bond motifs is 1. The van der Waals surface area contributed by atoms with E-state index in [9.17, 15) is 0 Å². The van der Waals surface area contributed by atoms with Gasteiger partial charge in [-0.2, -0.15) is 0 Å². The van der Waals surface area contributed by atoms with Gasteiger partial charge in [0.2, 0.25) is 0 Å². The van der Waals surface area contributed by atoms with E-state index in [1.807, 2.05) is 0 Å². The fraction of sp³-hybridized carbons (Fsp3) is 0.684. The van der Waals surface area contributed by atoms with Gasteiger partial charge < -0.3 is 0 Å². The maximum atomic E-state index is 2.77. The Morgan fingerprint density at radius 2 is 1.90 bits per heavy atom. The van der Waals surface area contributed by atoms with Crippen LogP contribution >= 0.6 is 0 Å². The zero-order chi connectivity index (χ0) is 14.7. The van der Waals surface area contributed by atoms with Gasteiger partial charge in [-0.3, -0.25) is 9.80 Å². The lowest BCUT2D eigenvalue weighted by molar-refractivity contribution is 0.00598. The molecule has 0 amide bonds. The van der Waals surface area contributed by atoms with Crippen LogP contribution in [0.2, 0.25) is 0 Å². The summed E-state index contributed by atoms with van der Waals surface area (Å²) in [6.45, 7) is 9.75. The van der Waals surface area contributed by atoms with Gasteiger partial charge >= 0.3 is 0 Å². The normalized spacial score (nSPS) is 27.8. The summed E-state index contributed by atoms with van der Waals surface area (Å²) >= 11 is 0. The third kappa shape index (κ3) is 3.67. The molecular weight excluding hydrogens is 256 g/mol. The van der Waals surface area contributed by atoms with Crippen LogP contribution in [0.5, 0.6) is 0 Å². The van der Waals surface area contributed by atoms with Crippen LogP contribution in [0.1, 0.15) is 51.1 Å². The van der Waals surface area contributed by atoms with Crippen molar-refractivity contribution in [1.82, 2.24) is 9.80 Å². The van der Waals surface area contributed by atoms with Crippen molar-refractivity contribution in [2.75, 3.05) is 26.2 Å². The summed E-state index contributed by atoms with van der Waals surface area (Å²) in [5, 5.41) is 0. The highest BCUT2D eigenvalue weighted by molar-refractivity contribution is 5.20. The van der Waals surface area contributed by atoms with Crippen LogP contribution in [0.3, 0.4) is 0 Å². The monoisotopic (exact) mass is 286 g/mol. The summed E-state index contributed by atoms with van der Waals surface area (Å²) in [5.41, 5.74) is 1.50. The van der Waals surface area contributed by atoms with E-state index in [1.165, 1.54) is 57.4 Å². The average molecular weight is 286 g/mol. The maximum Gasteiger partial charge on any atom is 0.0475 e. The van der Waals surface area contributed by atoms with Crippen LogP contribution in [-0.2, 0) is 0 Å². The first-order valence-corrected chi connectivity index (χ1v) is 8.77. The highest BCUT2D eigenvalue weighted by Crippen LogP contribution is 2.32. The molecule has 3 rings (SSSR count). The first-order chi connectivity index (χ1) is 10.2. The van der Waals surface area contributed by atoms with Crippen LogP contribution < -0.4 is 0 Å². The van der Waals surface area contributed by atoms with Crippen molar-refractivity contribution in [1.29, 1.82) is 0 Å². The highest BCUT2D eigenvalue weighted by Gasteiger charge is 2.35. The smallest absolute Gasteiger partial charge is 0.0475 e. The second-order valence-electron chi connectivity index (χ2n) is 7.25. The molecule has 0 bridgehead atoms. The summed E-state index contributed by atoms with van der Waals surface area (Å²) in [6, 6.07) is 12.6.